The van der Waals surface area contributed by atoms with Crippen molar-refractivity contribution in [2.24, 2.45) is 17.4 Å². The minimum Gasteiger partial charge on any atom is -0.427 e. The molecule has 1 aliphatic rings. The number of amides is 1. The molecule has 2 atom stereocenters. The standard InChI is InChI=1S/C9H20BN3O3/c11-4-9(14)13-5-7(8(12)6-13)2-1-3-10(15)16/h7-8,15-16H,1-6,11-12H2/t7-,8-/m0/s1. The third-order valence-corrected chi connectivity index (χ3v) is 3.06. The molecule has 7 heteroatoms. The monoisotopic (exact) mass is 229 g/mol. The fourth-order valence-electron chi connectivity index (χ4n) is 2.10. The highest BCUT2D eigenvalue weighted by molar-refractivity contribution is 6.40. The normalized spacial score (nSPS) is 24.9. The summed E-state index contributed by atoms with van der Waals surface area (Å²) in [4.78, 5) is 13.0. The first-order valence-corrected chi connectivity index (χ1v) is 5.64. The maximum Gasteiger partial charge on any atom is 0.451 e. The Bertz CT molecular complexity index is 240. The quantitative estimate of drug-likeness (QED) is 0.406. The van der Waals surface area contributed by atoms with Crippen LogP contribution in [0, 0.1) is 5.92 Å². The van der Waals surface area contributed by atoms with Crippen molar-refractivity contribution in [3.63, 3.8) is 0 Å². The van der Waals surface area contributed by atoms with E-state index in [0.29, 0.717) is 25.8 Å². The van der Waals surface area contributed by atoms with Gasteiger partial charge in [0.15, 0.2) is 0 Å². The topological polar surface area (TPSA) is 113 Å². The van der Waals surface area contributed by atoms with E-state index in [1.807, 2.05) is 0 Å². The van der Waals surface area contributed by atoms with Gasteiger partial charge in [0, 0.05) is 19.1 Å². The first kappa shape index (κ1) is 13.4. The van der Waals surface area contributed by atoms with E-state index < -0.39 is 7.12 Å². The van der Waals surface area contributed by atoms with E-state index in [0.717, 1.165) is 6.42 Å². The Kier molecular flexibility index (Phi) is 5.20. The Labute approximate surface area is 95.7 Å². The molecule has 16 heavy (non-hydrogen) atoms. The summed E-state index contributed by atoms with van der Waals surface area (Å²) in [5, 5.41) is 17.4. The maximum absolute atomic E-state index is 11.4. The zero-order chi connectivity index (χ0) is 12.1. The molecule has 0 spiro atoms. The molecule has 0 aliphatic carbocycles. The molecule has 0 bridgehead atoms. The van der Waals surface area contributed by atoms with Crippen LogP contribution in [0.15, 0.2) is 0 Å². The maximum atomic E-state index is 11.4. The number of nitrogens with two attached hydrogens (primary N) is 2. The number of hydrogen-bond acceptors (Lipinski definition) is 5. The van der Waals surface area contributed by atoms with E-state index >= 15 is 0 Å². The van der Waals surface area contributed by atoms with Crippen molar-refractivity contribution in [3.05, 3.63) is 0 Å². The van der Waals surface area contributed by atoms with Crippen LogP contribution >= 0.6 is 0 Å². The van der Waals surface area contributed by atoms with Gasteiger partial charge in [0.25, 0.3) is 0 Å². The van der Waals surface area contributed by atoms with Crippen molar-refractivity contribution in [3.8, 4) is 0 Å². The predicted octanol–water partition coefficient (Wildman–Crippen LogP) is -2.02. The number of likely N-dealkylation sites (tertiary alicyclic amines) is 1. The lowest BCUT2D eigenvalue weighted by Crippen LogP contribution is -2.36. The average molecular weight is 229 g/mol. The summed E-state index contributed by atoms with van der Waals surface area (Å²) in [6.45, 7) is 1.22. The first-order valence-electron chi connectivity index (χ1n) is 5.64. The number of nitrogens with zero attached hydrogens (tertiary/aromatic N) is 1. The zero-order valence-corrected chi connectivity index (χ0v) is 9.38. The van der Waals surface area contributed by atoms with Gasteiger partial charge in [-0.25, -0.2) is 0 Å². The fraction of sp³-hybridized carbons (Fsp3) is 0.889. The van der Waals surface area contributed by atoms with Crippen LogP contribution in [0.5, 0.6) is 0 Å². The smallest absolute Gasteiger partial charge is 0.427 e. The van der Waals surface area contributed by atoms with Crippen molar-refractivity contribution in [1.29, 1.82) is 0 Å². The minimum absolute atomic E-state index is 0.0219. The molecule has 0 aromatic heterocycles. The molecule has 1 heterocycles. The molecule has 0 aromatic carbocycles. The second-order valence-electron chi connectivity index (χ2n) is 4.34. The zero-order valence-electron chi connectivity index (χ0n) is 9.38. The number of hydrogen-bond donors (Lipinski definition) is 4. The van der Waals surface area contributed by atoms with Gasteiger partial charge in [-0.3, -0.25) is 4.79 Å². The second-order valence-corrected chi connectivity index (χ2v) is 4.34. The summed E-state index contributed by atoms with van der Waals surface area (Å²) in [5.74, 6) is 0.175. The first-order chi connectivity index (χ1) is 7.54. The van der Waals surface area contributed by atoms with E-state index in [4.69, 9.17) is 21.5 Å². The van der Waals surface area contributed by atoms with Crippen LogP contribution in [0.3, 0.4) is 0 Å². The molecule has 1 aliphatic heterocycles. The van der Waals surface area contributed by atoms with Gasteiger partial charge in [0.1, 0.15) is 0 Å². The molecule has 1 rings (SSSR count). The highest BCUT2D eigenvalue weighted by atomic mass is 16.4. The minimum atomic E-state index is -1.25. The lowest BCUT2D eigenvalue weighted by molar-refractivity contribution is -0.128. The number of rotatable bonds is 5. The fourth-order valence-corrected chi connectivity index (χ4v) is 2.10. The highest BCUT2D eigenvalue weighted by Crippen LogP contribution is 2.21. The van der Waals surface area contributed by atoms with Crippen molar-refractivity contribution >= 4 is 13.0 Å². The lowest BCUT2D eigenvalue weighted by Gasteiger charge is -2.14. The van der Waals surface area contributed by atoms with E-state index in [2.05, 4.69) is 0 Å². The Hall–Kier alpha value is -0.625. The molecule has 92 valence electrons. The van der Waals surface area contributed by atoms with Gasteiger partial charge >= 0.3 is 7.12 Å². The number of carbonyl (C=O) groups is 1. The van der Waals surface area contributed by atoms with E-state index in [9.17, 15) is 4.79 Å². The molecule has 1 amide bonds. The van der Waals surface area contributed by atoms with Crippen molar-refractivity contribution in [2.75, 3.05) is 19.6 Å². The largest absolute Gasteiger partial charge is 0.451 e. The van der Waals surface area contributed by atoms with Gasteiger partial charge in [0.05, 0.1) is 6.54 Å². The van der Waals surface area contributed by atoms with Gasteiger partial charge in [-0.05, 0) is 18.7 Å². The predicted molar refractivity (Wildman–Crippen MR) is 61.3 cm³/mol. The van der Waals surface area contributed by atoms with E-state index in [1.165, 1.54) is 0 Å². The van der Waals surface area contributed by atoms with Crippen LogP contribution in [0.4, 0.5) is 0 Å². The molecule has 6 N–H and O–H groups in total. The van der Waals surface area contributed by atoms with Crippen LogP contribution in [0.25, 0.3) is 0 Å². The number of carbonyl (C=O) groups excluding carboxylic acids is 1. The summed E-state index contributed by atoms with van der Waals surface area (Å²) in [6.07, 6.45) is 1.88. The van der Waals surface area contributed by atoms with Crippen molar-refractivity contribution in [2.45, 2.75) is 25.2 Å². The summed E-state index contributed by atoms with van der Waals surface area (Å²) < 4.78 is 0. The summed E-state index contributed by atoms with van der Waals surface area (Å²) in [6, 6.07) is -0.0219. The van der Waals surface area contributed by atoms with Crippen molar-refractivity contribution < 1.29 is 14.8 Å². The molecule has 1 fully saturated rings. The van der Waals surface area contributed by atoms with Crippen LogP contribution < -0.4 is 11.5 Å². The van der Waals surface area contributed by atoms with Crippen LogP contribution in [-0.4, -0.2) is 53.6 Å². The van der Waals surface area contributed by atoms with E-state index in [1.54, 1.807) is 4.90 Å². The third-order valence-electron chi connectivity index (χ3n) is 3.06. The van der Waals surface area contributed by atoms with Gasteiger partial charge in [0.2, 0.25) is 5.91 Å². The average Bonchev–Trinajstić information content (AvgIpc) is 2.59. The van der Waals surface area contributed by atoms with Crippen LogP contribution in [0.1, 0.15) is 12.8 Å². The van der Waals surface area contributed by atoms with E-state index in [-0.39, 0.29) is 24.4 Å². The van der Waals surface area contributed by atoms with Gasteiger partial charge in [-0.15, -0.1) is 0 Å². The lowest BCUT2D eigenvalue weighted by atomic mass is 9.82. The molecule has 0 radical (unpaired) electrons. The Balaban J connectivity index is 2.31. The Morgan fingerprint density at radius 3 is 2.69 bits per heavy atom. The molecule has 0 aromatic rings. The molecular formula is C9H20BN3O3. The summed E-state index contributed by atoms with van der Waals surface area (Å²) >= 11 is 0. The summed E-state index contributed by atoms with van der Waals surface area (Å²) in [7, 11) is -1.25. The highest BCUT2D eigenvalue weighted by Gasteiger charge is 2.31. The van der Waals surface area contributed by atoms with Gasteiger partial charge < -0.3 is 26.4 Å². The van der Waals surface area contributed by atoms with Gasteiger partial charge in [-0.1, -0.05) is 6.42 Å². The molecule has 1 saturated heterocycles. The second kappa shape index (κ2) is 6.19. The molecule has 0 saturated carbocycles. The SMILES string of the molecule is NCC(=O)N1C[C@H](CCCB(O)O)[C@@H](N)C1. The van der Waals surface area contributed by atoms with Crippen LogP contribution in [0.2, 0.25) is 6.32 Å². The third kappa shape index (κ3) is 3.75. The summed E-state index contributed by atoms with van der Waals surface area (Å²) in [5.41, 5.74) is 11.2. The van der Waals surface area contributed by atoms with Crippen LogP contribution in [-0.2, 0) is 4.79 Å². The van der Waals surface area contributed by atoms with Crippen molar-refractivity contribution in [1.82, 2.24) is 4.90 Å². The Morgan fingerprint density at radius 2 is 2.12 bits per heavy atom. The molecule has 6 nitrogen and oxygen atoms in total. The van der Waals surface area contributed by atoms with Gasteiger partial charge in [-0.2, -0.15) is 0 Å². The molecule has 0 unspecified atom stereocenters. The molecular weight excluding hydrogens is 209 g/mol. The Morgan fingerprint density at radius 1 is 1.44 bits per heavy atom.